The smallest absolute Gasteiger partial charge is 0.224 e. The van der Waals surface area contributed by atoms with Crippen LogP contribution in [0.15, 0.2) is 0 Å². The number of carbonyl (C=O) groups excluding carboxylic acids is 1. The summed E-state index contributed by atoms with van der Waals surface area (Å²) < 4.78 is 5.59. The number of hydrogen-bond acceptors (Lipinski definition) is 3. The summed E-state index contributed by atoms with van der Waals surface area (Å²) in [6.45, 7) is 5.84. The Hall–Kier alpha value is -0.610. The minimum atomic E-state index is -0.164. The van der Waals surface area contributed by atoms with Crippen LogP contribution in [-0.4, -0.2) is 31.2 Å². The molecule has 1 heterocycles. The lowest BCUT2D eigenvalue weighted by Crippen LogP contribution is -2.43. The van der Waals surface area contributed by atoms with E-state index in [1.807, 2.05) is 13.8 Å². The standard InChI is InChI=1S/C11H22N2O2/c1-3-9(7-12)10(14)13-8-11(2)5-4-6-15-11/h9H,3-8,12H2,1-2H3,(H,13,14). The highest BCUT2D eigenvalue weighted by molar-refractivity contribution is 5.78. The minimum absolute atomic E-state index is 0.0525. The van der Waals surface area contributed by atoms with Crippen LogP contribution in [0, 0.1) is 5.92 Å². The van der Waals surface area contributed by atoms with Crippen molar-refractivity contribution in [3.05, 3.63) is 0 Å². The molecule has 0 aromatic rings. The number of ether oxygens (including phenoxy) is 1. The fourth-order valence-corrected chi connectivity index (χ4v) is 1.85. The SMILES string of the molecule is CCC(CN)C(=O)NCC1(C)CCCO1. The van der Waals surface area contributed by atoms with Gasteiger partial charge in [-0.1, -0.05) is 6.92 Å². The molecule has 0 bridgehead atoms. The van der Waals surface area contributed by atoms with Crippen LogP contribution in [-0.2, 0) is 9.53 Å². The van der Waals surface area contributed by atoms with Crippen molar-refractivity contribution >= 4 is 5.91 Å². The molecule has 1 aliphatic rings. The molecule has 1 amide bonds. The highest BCUT2D eigenvalue weighted by Gasteiger charge is 2.30. The van der Waals surface area contributed by atoms with Gasteiger partial charge in [-0.3, -0.25) is 4.79 Å². The molecule has 0 aromatic carbocycles. The van der Waals surface area contributed by atoms with Crippen molar-refractivity contribution < 1.29 is 9.53 Å². The summed E-state index contributed by atoms with van der Waals surface area (Å²) in [5, 5.41) is 2.92. The maximum absolute atomic E-state index is 11.7. The van der Waals surface area contributed by atoms with Gasteiger partial charge in [0.15, 0.2) is 0 Å². The zero-order valence-electron chi connectivity index (χ0n) is 9.71. The quantitative estimate of drug-likeness (QED) is 0.706. The second kappa shape index (κ2) is 5.47. The van der Waals surface area contributed by atoms with Crippen molar-refractivity contribution in [3.8, 4) is 0 Å². The molecular weight excluding hydrogens is 192 g/mol. The Morgan fingerprint density at radius 1 is 1.67 bits per heavy atom. The van der Waals surface area contributed by atoms with E-state index >= 15 is 0 Å². The summed E-state index contributed by atoms with van der Waals surface area (Å²) in [4.78, 5) is 11.7. The summed E-state index contributed by atoms with van der Waals surface area (Å²) in [6, 6.07) is 0. The fourth-order valence-electron chi connectivity index (χ4n) is 1.85. The van der Waals surface area contributed by atoms with Crippen molar-refractivity contribution in [2.45, 2.75) is 38.7 Å². The molecule has 0 aliphatic carbocycles. The van der Waals surface area contributed by atoms with Crippen molar-refractivity contribution in [1.82, 2.24) is 5.32 Å². The summed E-state index contributed by atoms with van der Waals surface area (Å²) >= 11 is 0. The first-order chi connectivity index (χ1) is 7.11. The van der Waals surface area contributed by atoms with Gasteiger partial charge in [0.25, 0.3) is 0 Å². The normalized spacial score (nSPS) is 27.7. The van der Waals surface area contributed by atoms with Gasteiger partial charge in [0.1, 0.15) is 0 Å². The van der Waals surface area contributed by atoms with E-state index in [4.69, 9.17) is 10.5 Å². The number of nitrogens with one attached hydrogen (secondary N) is 1. The van der Waals surface area contributed by atoms with E-state index in [-0.39, 0.29) is 17.4 Å². The monoisotopic (exact) mass is 214 g/mol. The summed E-state index contributed by atoms with van der Waals surface area (Å²) in [5.41, 5.74) is 5.34. The molecule has 0 aromatic heterocycles. The second-order valence-electron chi connectivity index (χ2n) is 4.46. The topological polar surface area (TPSA) is 64.4 Å². The number of amides is 1. The largest absolute Gasteiger partial charge is 0.373 e. The maximum atomic E-state index is 11.7. The third kappa shape index (κ3) is 3.47. The van der Waals surface area contributed by atoms with Gasteiger partial charge in [0, 0.05) is 25.6 Å². The van der Waals surface area contributed by atoms with Crippen LogP contribution in [0.3, 0.4) is 0 Å². The van der Waals surface area contributed by atoms with Gasteiger partial charge < -0.3 is 15.8 Å². The van der Waals surface area contributed by atoms with Gasteiger partial charge in [-0.25, -0.2) is 0 Å². The molecule has 1 saturated heterocycles. The Morgan fingerprint density at radius 2 is 2.40 bits per heavy atom. The van der Waals surface area contributed by atoms with Crippen LogP contribution < -0.4 is 11.1 Å². The van der Waals surface area contributed by atoms with Crippen LogP contribution in [0.25, 0.3) is 0 Å². The van der Waals surface area contributed by atoms with Crippen molar-refractivity contribution in [2.24, 2.45) is 11.7 Å². The van der Waals surface area contributed by atoms with Gasteiger partial charge in [0.2, 0.25) is 5.91 Å². The van der Waals surface area contributed by atoms with Gasteiger partial charge in [-0.2, -0.15) is 0 Å². The number of hydrogen-bond donors (Lipinski definition) is 2. The number of nitrogens with two attached hydrogens (primary N) is 1. The van der Waals surface area contributed by atoms with Crippen molar-refractivity contribution in [3.63, 3.8) is 0 Å². The van der Waals surface area contributed by atoms with Crippen molar-refractivity contribution in [1.29, 1.82) is 0 Å². The molecule has 1 fully saturated rings. The van der Waals surface area contributed by atoms with Gasteiger partial charge >= 0.3 is 0 Å². The molecule has 4 nitrogen and oxygen atoms in total. The highest BCUT2D eigenvalue weighted by Crippen LogP contribution is 2.23. The third-order valence-corrected chi connectivity index (χ3v) is 3.09. The van der Waals surface area contributed by atoms with E-state index < -0.39 is 0 Å². The molecule has 3 N–H and O–H groups in total. The molecule has 15 heavy (non-hydrogen) atoms. The van der Waals surface area contributed by atoms with Gasteiger partial charge in [-0.05, 0) is 26.2 Å². The molecule has 2 unspecified atom stereocenters. The molecular formula is C11H22N2O2. The van der Waals surface area contributed by atoms with E-state index in [0.717, 1.165) is 25.9 Å². The van der Waals surface area contributed by atoms with E-state index in [0.29, 0.717) is 13.1 Å². The lowest BCUT2D eigenvalue weighted by atomic mass is 10.0. The Labute approximate surface area is 91.5 Å². The maximum Gasteiger partial charge on any atom is 0.224 e. The van der Waals surface area contributed by atoms with Crippen LogP contribution in [0.4, 0.5) is 0 Å². The molecule has 0 saturated carbocycles. The summed E-state index contributed by atoms with van der Waals surface area (Å²) in [6.07, 6.45) is 2.90. The molecule has 1 aliphatic heterocycles. The van der Waals surface area contributed by atoms with E-state index in [1.165, 1.54) is 0 Å². The predicted octanol–water partition coefficient (Wildman–Crippen LogP) is 0.657. The van der Waals surface area contributed by atoms with Gasteiger partial charge in [-0.15, -0.1) is 0 Å². The van der Waals surface area contributed by atoms with Crippen LogP contribution in [0.1, 0.15) is 33.1 Å². The minimum Gasteiger partial charge on any atom is -0.373 e. The third-order valence-electron chi connectivity index (χ3n) is 3.09. The Balaban J connectivity index is 2.32. The first-order valence-corrected chi connectivity index (χ1v) is 5.73. The van der Waals surface area contributed by atoms with Crippen LogP contribution in [0.5, 0.6) is 0 Å². The zero-order valence-corrected chi connectivity index (χ0v) is 9.71. The molecule has 2 atom stereocenters. The van der Waals surface area contributed by atoms with E-state index in [1.54, 1.807) is 0 Å². The van der Waals surface area contributed by atoms with E-state index in [2.05, 4.69) is 5.32 Å². The summed E-state index contributed by atoms with van der Waals surface area (Å²) in [5.74, 6) is -0.00766. The van der Waals surface area contributed by atoms with Crippen LogP contribution in [0.2, 0.25) is 0 Å². The van der Waals surface area contributed by atoms with Gasteiger partial charge in [0.05, 0.1) is 5.60 Å². The molecule has 1 rings (SSSR count). The van der Waals surface area contributed by atoms with Crippen molar-refractivity contribution in [2.75, 3.05) is 19.7 Å². The first-order valence-electron chi connectivity index (χ1n) is 5.73. The molecule has 0 radical (unpaired) electrons. The predicted molar refractivity (Wildman–Crippen MR) is 59.4 cm³/mol. The zero-order chi connectivity index (χ0) is 11.3. The number of rotatable bonds is 5. The first kappa shape index (κ1) is 12.5. The van der Waals surface area contributed by atoms with Crippen LogP contribution >= 0.6 is 0 Å². The average Bonchev–Trinajstić information content (AvgIpc) is 2.65. The second-order valence-corrected chi connectivity index (χ2v) is 4.46. The van der Waals surface area contributed by atoms with E-state index in [9.17, 15) is 4.79 Å². The summed E-state index contributed by atoms with van der Waals surface area (Å²) in [7, 11) is 0. The highest BCUT2D eigenvalue weighted by atomic mass is 16.5. The number of carbonyl (C=O) groups is 1. The molecule has 4 heteroatoms. The Kier molecular flexibility index (Phi) is 4.54. The lowest BCUT2D eigenvalue weighted by molar-refractivity contribution is -0.126. The fraction of sp³-hybridized carbons (Fsp3) is 0.909. The average molecular weight is 214 g/mol. The lowest BCUT2D eigenvalue weighted by Gasteiger charge is -2.24. The molecule has 0 spiro atoms. The Morgan fingerprint density at radius 3 is 2.87 bits per heavy atom. The molecule has 88 valence electrons. The Bertz CT molecular complexity index is 209.